The Labute approximate surface area is 558 Å². The predicted molar refractivity (Wildman–Crippen MR) is 367 cm³/mol. The fourth-order valence-corrected chi connectivity index (χ4v) is 9.64. The fraction of sp³-hybridized carbons (Fsp3) is 0.484. The van der Waals surface area contributed by atoms with Crippen molar-refractivity contribution in [1.29, 1.82) is 0 Å². The minimum Gasteiger partial charge on any atom is -0.370 e. The van der Waals surface area contributed by atoms with E-state index in [0.717, 1.165) is 5.56 Å². The average Bonchev–Trinajstić information content (AvgIpc) is 0.892. The van der Waals surface area contributed by atoms with Gasteiger partial charge in [-0.15, -0.1) is 0 Å². The number of carbonyl (C=O) groups is 9. The van der Waals surface area contributed by atoms with Crippen LogP contribution in [-0.4, -0.2) is 170 Å². The van der Waals surface area contributed by atoms with Gasteiger partial charge in [0, 0.05) is 45.6 Å². The summed E-state index contributed by atoms with van der Waals surface area (Å²) in [6, 6.07) is 14.3. The Morgan fingerprint density at radius 1 is 0.312 bits per heavy atom. The first-order valence-corrected chi connectivity index (χ1v) is 31.5. The first-order chi connectivity index (χ1) is 45.6. The lowest BCUT2D eigenvalue weighted by Crippen LogP contribution is -2.61. The van der Waals surface area contributed by atoms with Gasteiger partial charge in [-0.3, -0.25) is 68.1 Å². The molecule has 0 aliphatic rings. The Balaban J connectivity index is 2.03. The van der Waals surface area contributed by atoms with Crippen LogP contribution in [0.15, 0.2) is 116 Å². The molecule has 0 aliphatic heterocycles. The van der Waals surface area contributed by atoms with Gasteiger partial charge in [-0.05, 0) is 93.2 Å². The van der Waals surface area contributed by atoms with Crippen LogP contribution in [-0.2, 0) is 62.4 Å². The molecule has 9 amide bonds. The van der Waals surface area contributed by atoms with Crippen LogP contribution in [0.1, 0.15) is 94.7 Å². The molecule has 3 aromatic rings. The number of rotatable bonds is 44. The van der Waals surface area contributed by atoms with Crippen LogP contribution in [0.3, 0.4) is 0 Å². The van der Waals surface area contributed by atoms with Gasteiger partial charge < -0.3 is 111 Å². The first-order valence-electron chi connectivity index (χ1n) is 31.5. The summed E-state index contributed by atoms with van der Waals surface area (Å²) in [7, 11) is 0. The van der Waals surface area contributed by atoms with Gasteiger partial charge in [-0.2, -0.15) is 0 Å². The fourth-order valence-electron chi connectivity index (χ4n) is 9.64. The van der Waals surface area contributed by atoms with Gasteiger partial charge in [-0.1, -0.05) is 105 Å². The lowest BCUT2D eigenvalue weighted by atomic mass is 9.99. The molecule has 9 atom stereocenters. The maximum atomic E-state index is 14.8. The Morgan fingerprint density at radius 2 is 0.552 bits per heavy atom. The molecule has 0 fully saturated rings. The molecule has 9 unspecified atom stereocenters. The summed E-state index contributed by atoms with van der Waals surface area (Å²) in [5.41, 5.74) is 69.9. The van der Waals surface area contributed by atoms with E-state index >= 15 is 0 Å². The molecule has 526 valence electrons. The number of guanidine groups is 5. The van der Waals surface area contributed by atoms with Crippen molar-refractivity contribution in [3.8, 4) is 0 Å². The highest BCUT2D eigenvalue weighted by atomic mass is 16.2. The Morgan fingerprint density at radius 3 is 0.833 bits per heavy atom. The van der Waals surface area contributed by atoms with Crippen LogP contribution in [0.5, 0.6) is 0 Å². The van der Waals surface area contributed by atoms with E-state index in [1.54, 1.807) is 98.8 Å². The molecule has 34 nitrogen and oxygen atoms in total. The third kappa shape index (κ3) is 32.2. The molecule has 0 heterocycles. The number of nitrogens with one attached hydrogen (secondary N) is 8. The minimum atomic E-state index is -1.46. The zero-order valence-electron chi connectivity index (χ0n) is 54.5. The van der Waals surface area contributed by atoms with E-state index in [1.165, 1.54) is 0 Å². The number of benzene rings is 3. The van der Waals surface area contributed by atoms with E-state index < -0.39 is 113 Å². The second kappa shape index (κ2) is 43.2. The normalized spacial score (nSPS) is 13.6. The van der Waals surface area contributed by atoms with Gasteiger partial charge in [0.15, 0.2) is 29.8 Å². The SMILES string of the molecule is CC(C)C(NC(=O)C(Cc1ccccc1)NC(=O)C(CCCN=C(N)N)NC(=O)C(CCCN=C(N)N)NC(=O)C(CCCN=C(N)N)NC(=O)C(N)Cc1ccccc1)C(=O)NC(CCCN=C(N)N)C(=O)NC(CCCN=C(N)N)C(=O)NC(Cc1ccccc1)C(N)=O. The van der Waals surface area contributed by atoms with Gasteiger partial charge in [0.1, 0.15) is 48.3 Å². The molecule has 3 rings (SSSR count). The van der Waals surface area contributed by atoms with Crippen LogP contribution < -0.4 is 111 Å². The monoisotopic (exact) mass is 1340 g/mol. The number of primary amides is 1. The highest BCUT2D eigenvalue weighted by Crippen LogP contribution is 2.14. The summed E-state index contributed by atoms with van der Waals surface area (Å²) in [6.45, 7) is 3.44. The van der Waals surface area contributed by atoms with Crippen molar-refractivity contribution >= 4 is 83.0 Å². The van der Waals surface area contributed by atoms with E-state index in [1.807, 2.05) is 6.07 Å². The third-order valence-electron chi connectivity index (χ3n) is 14.6. The molecule has 0 radical (unpaired) electrons. The summed E-state index contributed by atoms with van der Waals surface area (Å²) in [5.74, 6) is -9.18. The molecular weight excluding hydrogens is 1240 g/mol. The topological polar surface area (TPSA) is 624 Å². The zero-order chi connectivity index (χ0) is 71.1. The highest BCUT2D eigenvalue weighted by molar-refractivity contribution is 5.98. The summed E-state index contributed by atoms with van der Waals surface area (Å²) >= 11 is 0. The Kier molecular flexibility index (Phi) is 35.7. The highest BCUT2D eigenvalue weighted by Gasteiger charge is 2.36. The molecule has 3 aromatic carbocycles. The van der Waals surface area contributed by atoms with Gasteiger partial charge in [0.2, 0.25) is 53.2 Å². The predicted octanol–water partition coefficient (Wildman–Crippen LogP) is -5.67. The average molecular weight is 1340 g/mol. The summed E-state index contributed by atoms with van der Waals surface area (Å²) in [5, 5.41) is 21.7. The maximum absolute atomic E-state index is 14.8. The standard InChI is InChI=1S/C62H99N25O9/c1-36(2)48(57(96)84-45(27-16-32-79-62(73)74)53(92)82-43(25-14-30-77-60(69)70)54(93)85-46(49(64)88)34-38-19-8-4-9-20-38)87-56(95)47(35-39-21-10-5-11-22-39)86-55(94)44(26-15-31-78-61(71)72)83-52(91)42(24-13-29-76-59(67)68)81-51(90)41(23-12-28-75-58(65)66)80-50(89)40(63)33-37-17-6-3-7-18-37/h3-11,17-22,36,40-48H,12-16,23-35,63H2,1-2H3,(H2,64,88)(H,80,89)(H,81,90)(H,82,92)(H,83,91)(H,84,96)(H,85,93)(H,86,94)(H,87,95)(H4,65,66,75)(H4,67,68,76)(H4,69,70,77)(H4,71,72,78)(H4,73,74,79). The first kappa shape index (κ1) is 79.4. The molecule has 96 heavy (non-hydrogen) atoms. The molecule has 32 N–H and O–H groups in total. The van der Waals surface area contributed by atoms with Crippen LogP contribution in [0, 0.1) is 5.92 Å². The lowest BCUT2D eigenvalue weighted by molar-refractivity contribution is -0.136. The molecule has 0 bridgehead atoms. The molecule has 0 saturated heterocycles. The van der Waals surface area contributed by atoms with E-state index in [4.69, 9.17) is 68.8 Å². The zero-order valence-corrected chi connectivity index (χ0v) is 54.5. The molecule has 0 aromatic heterocycles. The van der Waals surface area contributed by atoms with E-state index in [2.05, 4.69) is 67.5 Å². The summed E-state index contributed by atoms with van der Waals surface area (Å²) in [6.07, 6.45) is 0.362. The van der Waals surface area contributed by atoms with E-state index in [-0.39, 0.29) is 146 Å². The Hall–Kier alpha value is -10.8. The van der Waals surface area contributed by atoms with E-state index in [9.17, 15) is 43.2 Å². The Bertz CT molecular complexity index is 3120. The number of hydrogen-bond donors (Lipinski definition) is 20. The van der Waals surface area contributed by atoms with Crippen molar-refractivity contribution in [1.82, 2.24) is 42.5 Å². The molecule has 0 spiro atoms. The van der Waals surface area contributed by atoms with Gasteiger partial charge in [0.25, 0.3) is 0 Å². The number of hydrogen-bond acceptors (Lipinski definition) is 15. The maximum Gasteiger partial charge on any atom is 0.243 e. The van der Waals surface area contributed by atoms with Crippen molar-refractivity contribution in [2.24, 2.45) is 99.7 Å². The summed E-state index contributed by atoms with van der Waals surface area (Å²) in [4.78, 5) is 148. The van der Waals surface area contributed by atoms with Crippen LogP contribution in [0.2, 0.25) is 0 Å². The summed E-state index contributed by atoms with van der Waals surface area (Å²) < 4.78 is 0. The van der Waals surface area contributed by atoms with E-state index in [0.29, 0.717) is 11.1 Å². The third-order valence-corrected chi connectivity index (χ3v) is 14.6. The van der Waals surface area contributed by atoms with Crippen molar-refractivity contribution < 1.29 is 43.2 Å². The molecule has 34 heteroatoms. The second-order valence-corrected chi connectivity index (χ2v) is 23.0. The second-order valence-electron chi connectivity index (χ2n) is 23.0. The molecule has 0 aliphatic carbocycles. The van der Waals surface area contributed by atoms with Crippen LogP contribution >= 0.6 is 0 Å². The van der Waals surface area contributed by atoms with Crippen LogP contribution in [0.4, 0.5) is 0 Å². The van der Waals surface area contributed by atoms with Crippen molar-refractivity contribution in [3.05, 3.63) is 108 Å². The van der Waals surface area contributed by atoms with Gasteiger partial charge >= 0.3 is 0 Å². The number of amides is 9. The smallest absolute Gasteiger partial charge is 0.243 e. The van der Waals surface area contributed by atoms with Crippen molar-refractivity contribution in [2.75, 3.05) is 32.7 Å². The van der Waals surface area contributed by atoms with Crippen molar-refractivity contribution in [2.45, 2.75) is 152 Å². The minimum absolute atomic E-state index is 0.00148. The molecule has 0 saturated carbocycles. The largest absolute Gasteiger partial charge is 0.370 e. The molecular formula is C62H99N25O9. The lowest BCUT2D eigenvalue weighted by Gasteiger charge is -2.29. The van der Waals surface area contributed by atoms with Crippen LogP contribution in [0.25, 0.3) is 0 Å². The van der Waals surface area contributed by atoms with Crippen molar-refractivity contribution in [3.63, 3.8) is 0 Å². The number of carbonyl (C=O) groups excluding carboxylic acids is 9. The number of nitrogens with zero attached hydrogens (tertiary/aromatic N) is 5. The van der Waals surface area contributed by atoms with Gasteiger partial charge in [0.05, 0.1) is 6.04 Å². The quantitative estimate of drug-likeness (QED) is 0.0143. The number of nitrogens with two attached hydrogens (primary N) is 12. The van der Waals surface area contributed by atoms with Gasteiger partial charge in [-0.25, -0.2) is 0 Å². The number of aliphatic imine (C=N–C) groups is 5.